The standard InChI is InChI=1S/C16H29N/c1-3-12-17(13-4-2)16-11-7-9-14-8-5-6-10-15(14)16/h10,14,16H,3-9,11-13H2,1-2H3. The van der Waals surface area contributed by atoms with Crippen molar-refractivity contribution < 1.29 is 0 Å². The normalized spacial score (nSPS) is 29.0. The molecular weight excluding hydrogens is 206 g/mol. The molecule has 0 aliphatic heterocycles. The topological polar surface area (TPSA) is 3.24 Å². The maximum Gasteiger partial charge on any atom is 0.0310 e. The Morgan fingerprint density at radius 3 is 2.47 bits per heavy atom. The molecule has 2 aliphatic carbocycles. The Hall–Kier alpha value is -0.300. The fourth-order valence-corrected chi connectivity index (χ4v) is 3.80. The summed E-state index contributed by atoms with van der Waals surface area (Å²) in [5.41, 5.74) is 1.82. The molecule has 0 saturated heterocycles. The zero-order valence-electron chi connectivity index (χ0n) is 11.8. The van der Waals surface area contributed by atoms with Crippen LogP contribution in [0.1, 0.15) is 65.2 Å². The largest absolute Gasteiger partial charge is 0.297 e. The third-order valence-corrected chi connectivity index (χ3v) is 4.49. The van der Waals surface area contributed by atoms with E-state index in [-0.39, 0.29) is 0 Å². The third-order valence-electron chi connectivity index (χ3n) is 4.49. The number of allylic oxidation sites excluding steroid dienone is 1. The van der Waals surface area contributed by atoms with E-state index in [1.165, 1.54) is 64.5 Å². The third kappa shape index (κ3) is 3.13. The summed E-state index contributed by atoms with van der Waals surface area (Å²) in [4.78, 5) is 2.77. The van der Waals surface area contributed by atoms with Crippen LogP contribution in [0.3, 0.4) is 0 Å². The molecule has 1 saturated carbocycles. The molecule has 0 radical (unpaired) electrons. The zero-order valence-corrected chi connectivity index (χ0v) is 11.8. The molecule has 2 unspecified atom stereocenters. The second kappa shape index (κ2) is 6.58. The van der Waals surface area contributed by atoms with Gasteiger partial charge in [-0.1, -0.05) is 31.9 Å². The van der Waals surface area contributed by atoms with Crippen molar-refractivity contribution in [2.75, 3.05) is 13.1 Å². The Morgan fingerprint density at radius 1 is 1.06 bits per heavy atom. The number of nitrogens with zero attached hydrogens (tertiary/aromatic N) is 1. The first-order valence-corrected chi connectivity index (χ1v) is 7.80. The van der Waals surface area contributed by atoms with Crippen LogP contribution in [0.2, 0.25) is 0 Å². The monoisotopic (exact) mass is 235 g/mol. The van der Waals surface area contributed by atoms with Gasteiger partial charge in [-0.15, -0.1) is 0 Å². The molecule has 1 fully saturated rings. The lowest BCUT2D eigenvalue weighted by molar-refractivity contribution is 0.173. The van der Waals surface area contributed by atoms with Crippen molar-refractivity contribution in [3.63, 3.8) is 0 Å². The van der Waals surface area contributed by atoms with E-state index in [2.05, 4.69) is 24.8 Å². The minimum Gasteiger partial charge on any atom is -0.297 e. The van der Waals surface area contributed by atoms with Crippen molar-refractivity contribution in [3.05, 3.63) is 11.6 Å². The van der Waals surface area contributed by atoms with Crippen LogP contribution in [0.5, 0.6) is 0 Å². The second-order valence-corrected chi connectivity index (χ2v) is 5.81. The average molecular weight is 235 g/mol. The molecule has 0 aromatic heterocycles. The van der Waals surface area contributed by atoms with E-state index in [9.17, 15) is 0 Å². The Morgan fingerprint density at radius 2 is 1.76 bits per heavy atom. The van der Waals surface area contributed by atoms with Crippen molar-refractivity contribution in [1.82, 2.24) is 4.90 Å². The van der Waals surface area contributed by atoms with Gasteiger partial charge in [0.15, 0.2) is 0 Å². The molecule has 0 spiro atoms. The number of fused-ring (bicyclic) bond motifs is 1. The average Bonchev–Trinajstić information content (AvgIpc) is 2.38. The van der Waals surface area contributed by atoms with E-state index in [1.807, 2.05) is 5.57 Å². The van der Waals surface area contributed by atoms with Gasteiger partial charge in [0.25, 0.3) is 0 Å². The predicted molar refractivity (Wildman–Crippen MR) is 75.2 cm³/mol. The van der Waals surface area contributed by atoms with Crippen molar-refractivity contribution in [2.45, 2.75) is 71.3 Å². The molecule has 0 bridgehead atoms. The maximum atomic E-state index is 2.77. The van der Waals surface area contributed by atoms with Crippen molar-refractivity contribution >= 4 is 0 Å². The lowest BCUT2D eigenvalue weighted by atomic mass is 9.74. The predicted octanol–water partition coefficient (Wildman–Crippen LogP) is 4.39. The van der Waals surface area contributed by atoms with Crippen LogP contribution in [-0.4, -0.2) is 24.0 Å². The number of hydrogen-bond donors (Lipinski definition) is 0. The molecule has 0 heterocycles. The molecule has 0 aromatic rings. The van der Waals surface area contributed by atoms with E-state index in [1.54, 1.807) is 0 Å². The molecule has 2 aliphatic rings. The summed E-state index contributed by atoms with van der Waals surface area (Å²) in [6, 6.07) is 0.800. The van der Waals surface area contributed by atoms with Crippen LogP contribution in [0.4, 0.5) is 0 Å². The highest BCUT2D eigenvalue weighted by Crippen LogP contribution is 2.39. The quantitative estimate of drug-likeness (QED) is 0.639. The van der Waals surface area contributed by atoms with Crippen molar-refractivity contribution in [1.29, 1.82) is 0 Å². The van der Waals surface area contributed by atoms with Crippen LogP contribution in [0.25, 0.3) is 0 Å². The summed E-state index contributed by atoms with van der Waals surface area (Å²) < 4.78 is 0. The van der Waals surface area contributed by atoms with Gasteiger partial charge in [0.2, 0.25) is 0 Å². The maximum absolute atomic E-state index is 2.77. The smallest absolute Gasteiger partial charge is 0.0310 e. The fraction of sp³-hybridized carbons (Fsp3) is 0.875. The summed E-state index contributed by atoms with van der Waals surface area (Å²) in [7, 11) is 0. The van der Waals surface area contributed by atoms with Crippen LogP contribution in [-0.2, 0) is 0 Å². The van der Waals surface area contributed by atoms with Crippen molar-refractivity contribution in [3.8, 4) is 0 Å². The van der Waals surface area contributed by atoms with Gasteiger partial charge in [0.1, 0.15) is 0 Å². The van der Waals surface area contributed by atoms with Gasteiger partial charge >= 0.3 is 0 Å². The molecule has 1 heteroatoms. The first kappa shape index (κ1) is 13.1. The summed E-state index contributed by atoms with van der Waals surface area (Å²) in [6.07, 6.45) is 13.8. The fourth-order valence-electron chi connectivity index (χ4n) is 3.80. The van der Waals surface area contributed by atoms with E-state index in [4.69, 9.17) is 0 Å². The van der Waals surface area contributed by atoms with Gasteiger partial charge in [0.05, 0.1) is 0 Å². The number of hydrogen-bond acceptors (Lipinski definition) is 1. The first-order valence-electron chi connectivity index (χ1n) is 7.80. The summed E-state index contributed by atoms with van der Waals surface area (Å²) in [5.74, 6) is 0.943. The summed E-state index contributed by atoms with van der Waals surface area (Å²) in [6.45, 7) is 7.22. The highest BCUT2D eigenvalue weighted by molar-refractivity contribution is 5.19. The summed E-state index contributed by atoms with van der Waals surface area (Å²) in [5, 5.41) is 0. The lowest BCUT2D eigenvalue weighted by Gasteiger charge is -2.41. The Kier molecular flexibility index (Phi) is 5.09. The number of rotatable bonds is 5. The molecular formula is C16H29N. The van der Waals surface area contributed by atoms with E-state index >= 15 is 0 Å². The van der Waals surface area contributed by atoms with Crippen molar-refractivity contribution in [2.24, 2.45) is 5.92 Å². The molecule has 2 rings (SSSR count). The van der Waals surface area contributed by atoms with Crippen LogP contribution < -0.4 is 0 Å². The van der Waals surface area contributed by atoms with Crippen LogP contribution in [0, 0.1) is 5.92 Å². The SMILES string of the molecule is CCCN(CCC)C1CCCC2CCCC=C21. The van der Waals surface area contributed by atoms with E-state index in [0.29, 0.717) is 0 Å². The van der Waals surface area contributed by atoms with Gasteiger partial charge in [-0.3, -0.25) is 4.90 Å². The van der Waals surface area contributed by atoms with Crippen LogP contribution >= 0.6 is 0 Å². The highest BCUT2D eigenvalue weighted by atomic mass is 15.2. The molecule has 0 amide bonds. The molecule has 17 heavy (non-hydrogen) atoms. The van der Waals surface area contributed by atoms with Crippen LogP contribution in [0.15, 0.2) is 11.6 Å². The Balaban J connectivity index is 2.07. The molecule has 0 aromatic carbocycles. The van der Waals surface area contributed by atoms with E-state index in [0.717, 1.165) is 12.0 Å². The Labute approximate surface area is 107 Å². The molecule has 2 atom stereocenters. The molecule has 98 valence electrons. The van der Waals surface area contributed by atoms with Gasteiger partial charge in [0, 0.05) is 6.04 Å². The van der Waals surface area contributed by atoms with Gasteiger partial charge in [-0.2, -0.15) is 0 Å². The molecule has 0 N–H and O–H groups in total. The summed E-state index contributed by atoms with van der Waals surface area (Å²) >= 11 is 0. The minimum atomic E-state index is 0.800. The minimum absolute atomic E-state index is 0.800. The zero-order chi connectivity index (χ0) is 12.1. The van der Waals surface area contributed by atoms with Gasteiger partial charge < -0.3 is 0 Å². The molecule has 1 nitrogen and oxygen atoms in total. The van der Waals surface area contributed by atoms with Gasteiger partial charge in [-0.25, -0.2) is 0 Å². The second-order valence-electron chi connectivity index (χ2n) is 5.81. The van der Waals surface area contributed by atoms with Gasteiger partial charge in [-0.05, 0) is 64.0 Å². The Bertz CT molecular complexity index is 250. The lowest BCUT2D eigenvalue weighted by Crippen LogP contribution is -2.42. The van der Waals surface area contributed by atoms with E-state index < -0.39 is 0 Å². The highest BCUT2D eigenvalue weighted by Gasteiger charge is 2.31. The first-order chi connectivity index (χ1) is 8.36.